The van der Waals surface area contributed by atoms with Gasteiger partial charge >= 0.3 is 0 Å². The molecule has 0 amide bonds. The fourth-order valence-electron chi connectivity index (χ4n) is 2.22. The number of aliphatic hydroxyl groups excluding tert-OH is 1. The topological polar surface area (TPSA) is 61.2 Å². The molecule has 5 heteroatoms. The van der Waals surface area contributed by atoms with Crippen LogP contribution in [0.15, 0.2) is 22.7 Å². The molecule has 2 aromatic rings. The fourth-order valence-corrected chi connectivity index (χ4v) is 2.37. The first-order chi connectivity index (χ1) is 8.97. The molecule has 0 saturated heterocycles. The van der Waals surface area contributed by atoms with Gasteiger partial charge in [-0.1, -0.05) is 17.7 Å². The summed E-state index contributed by atoms with van der Waals surface area (Å²) in [5, 5.41) is 13.3. The molecule has 0 aliphatic rings. The van der Waals surface area contributed by atoms with Gasteiger partial charge in [-0.15, -0.1) is 0 Å². The molecule has 102 valence electrons. The highest BCUT2D eigenvalue weighted by molar-refractivity contribution is 7.71. The summed E-state index contributed by atoms with van der Waals surface area (Å²) in [6.07, 6.45) is 0.858. The molecular formula is C14H18N2O2S. The Labute approximate surface area is 117 Å². The maximum atomic E-state index is 10.0. The summed E-state index contributed by atoms with van der Waals surface area (Å²) in [6, 6.07) is 4.23. The van der Waals surface area contributed by atoms with Crippen molar-refractivity contribution in [1.82, 2.24) is 4.98 Å². The summed E-state index contributed by atoms with van der Waals surface area (Å²) in [5.74, 6) is 0.444. The molecule has 1 unspecified atom stereocenters. The smallest absolute Gasteiger partial charge is 0.266 e. The molecule has 3 N–H and O–H groups in total. The van der Waals surface area contributed by atoms with E-state index in [0.29, 0.717) is 12.3 Å². The number of hydrogen-bond acceptors (Lipinski definition) is 4. The van der Waals surface area contributed by atoms with Crippen LogP contribution in [-0.4, -0.2) is 16.6 Å². The van der Waals surface area contributed by atoms with Gasteiger partial charge in [0.15, 0.2) is 5.76 Å². The van der Waals surface area contributed by atoms with E-state index in [1.807, 2.05) is 0 Å². The standard InChI is InChI=1S/C14H18N2O2S/c1-8-4-9(2)13(10(3)5-8)15-6-11(17)12-7-16-14(19)18-12/h4-5,7,11,15,17H,6H2,1-3H3,(H,16,19). The van der Waals surface area contributed by atoms with Gasteiger partial charge in [0, 0.05) is 18.4 Å². The van der Waals surface area contributed by atoms with Gasteiger partial charge in [-0.25, -0.2) is 0 Å². The maximum absolute atomic E-state index is 10.0. The molecule has 0 aliphatic carbocycles. The zero-order valence-electron chi connectivity index (χ0n) is 11.3. The highest BCUT2D eigenvalue weighted by Crippen LogP contribution is 2.23. The third kappa shape index (κ3) is 3.24. The van der Waals surface area contributed by atoms with Gasteiger partial charge in [-0.3, -0.25) is 0 Å². The third-order valence-corrected chi connectivity index (χ3v) is 3.22. The fraction of sp³-hybridized carbons (Fsp3) is 0.357. The van der Waals surface area contributed by atoms with Crippen LogP contribution in [0.2, 0.25) is 0 Å². The zero-order valence-corrected chi connectivity index (χ0v) is 12.1. The number of aryl methyl sites for hydroxylation is 3. The van der Waals surface area contributed by atoms with Crippen molar-refractivity contribution in [3.05, 3.63) is 45.6 Å². The number of oxazole rings is 1. The van der Waals surface area contributed by atoms with E-state index in [1.165, 1.54) is 16.7 Å². The quantitative estimate of drug-likeness (QED) is 0.750. The molecule has 0 saturated carbocycles. The van der Waals surface area contributed by atoms with E-state index >= 15 is 0 Å². The predicted molar refractivity (Wildman–Crippen MR) is 78.0 cm³/mol. The normalized spacial score (nSPS) is 12.4. The van der Waals surface area contributed by atoms with E-state index < -0.39 is 6.10 Å². The van der Waals surface area contributed by atoms with Crippen LogP contribution in [0.4, 0.5) is 5.69 Å². The summed E-state index contributed by atoms with van der Waals surface area (Å²) < 4.78 is 5.18. The Bertz CT molecular complexity index is 607. The van der Waals surface area contributed by atoms with Gasteiger partial charge in [0.2, 0.25) is 0 Å². The Kier molecular flexibility index (Phi) is 4.07. The highest BCUT2D eigenvalue weighted by atomic mass is 32.1. The second-order valence-corrected chi connectivity index (χ2v) is 5.12. The Morgan fingerprint density at radius 2 is 1.95 bits per heavy atom. The molecule has 1 heterocycles. The lowest BCUT2D eigenvalue weighted by molar-refractivity contribution is 0.161. The predicted octanol–water partition coefficient (Wildman–Crippen LogP) is 3.41. The summed E-state index contributed by atoms with van der Waals surface area (Å²) in [6.45, 7) is 6.55. The second-order valence-electron chi connectivity index (χ2n) is 4.75. The number of benzene rings is 1. The van der Waals surface area contributed by atoms with Crippen LogP contribution >= 0.6 is 12.2 Å². The van der Waals surface area contributed by atoms with Crippen LogP contribution in [0.1, 0.15) is 28.6 Å². The van der Waals surface area contributed by atoms with E-state index in [0.717, 1.165) is 5.69 Å². The van der Waals surface area contributed by atoms with Crippen LogP contribution in [0.3, 0.4) is 0 Å². The average molecular weight is 278 g/mol. The molecule has 1 aromatic heterocycles. The number of anilines is 1. The first kappa shape index (κ1) is 13.8. The molecule has 0 radical (unpaired) electrons. The van der Waals surface area contributed by atoms with E-state index in [4.69, 9.17) is 16.6 Å². The zero-order chi connectivity index (χ0) is 14.0. The third-order valence-electron chi connectivity index (χ3n) is 3.02. The van der Waals surface area contributed by atoms with Crippen molar-refractivity contribution >= 4 is 17.9 Å². The lowest BCUT2D eigenvalue weighted by Crippen LogP contribution is -2.13. The molecular weight excluding hydrogens is 260 g/mol. The monoisotopic (exact) mass is 278 g/mol. The van der Waals surface area contributed by atoms with E-state index in [9.17, 15) is 5.11 Å². The Morgan fingerprint density at radius 3 is 2.47 bits per heavy atom. The second kappa shape index (κ2) is 5.59. The van der Waals surface area contributed by atoms with Gasteiger partial charge in [-0.2, -0.15) is 0 Å². The van der Waals surface area contributed by atoms with Crippen molar-refractivity contribution in [2.75, 3.05) is 11.9 Å². The lowest BCUT2D eigenvalue weighted by Gasteiger charge is -2.15. The van der Waals surface area contributed by atoms with Crippen LogP contribution in [0, 0.1) is 25.6 Å². The minimum absolute atomic E-state index is 0.275. The molecule has 0 bridgehead atoms. The van der Waals surface area contributed by atoms with Crippen molar-refractivity contribution in [2.45, 2.75) is 26.9 Å². The molecule has 0 fully saturated rings. The summed E-state index contributed by atoms with van der Waals surface area (Å²) >= 11 is 4.83. The van der Waals surface area contributed by atoms with E-state index in [-0.39, 0.29) is 4.84 Å². The number of aliphatic hydroxyl groups is 1. The highest BCUT2D eigenvalue weighted by Gasteiger charge is 2.12. The van der Waals surface area contributed by atoms with Crippen molar-refractivity contribution in [2.24, 2.45) is 0 Å². The summed E-state index contributed by atoms with van der Waals surface area (Å²) in [5.41, 5.74) is 4.62. The van der Waals surface area contributed by atoms with Crippen LogP contribution < -0.4 is 5.32 Å². The molecule has 0 spiro atoms. The van der Waals surface area contributed by atoms with Gasteiger partial charge < -0.3 is 19.8 Å². The molecule has 19 heavy (non-hydrogen) atoms. The van der Waals surface area contributed by atoms with Crippen LogP contribution in [0.25, 0.3) is 0 Å². The number of aromatic amines is 1. The summed E-state index contributed by atoms with van der Waals surface area (Å²) in [7, 11) is 0. The van der Waals surface area contributed by atoms with E-state index in [2.05, 4.69) is 43.2 Å². The molecule has 2 rings (SSSR count). The number of H-pyrrole nitrogens is 1. The van der Waals surface area contributed by atoms with Crippen LogP contribution in [-0.2, 0) is 0 Å². The van der Waals surface area contributed by atoms with Crippen molar-refractivity contribution in [3.8, 4) is 0 Å². The van der Waals surface area contributed by atoms with Gasteiger partial charge in [0.25, 0.3) is 4.84 Å². The minimum atomic E-state index is -0.729. The molecule has 0 aliphatic heterocycles. The lowest BCUT2D eigenvalue weighted by atomic mass is 10.0. The Hall–Kier alpha value is -1.59. The minimum Gasteiger partial charge on any atom is -0.432 e. The van der Waals surface area contributed by atoms with Gasteiger partial charge in [0.05, 0.1) is 0 Å². The number of rotatable bonds is 4. The van der Waals surface area contributed by atoms with Crippen molar-refractivity contribution in [1.29, 1.82) is 0 Å². The molecule has 1 atom stereocenters. The van der Waals surface area contributed by atoms with Gasteiger partial charge in [0.1, 0.15) is 6.10 Å². The Balaban J connectivity index is 2.09. The number of hydrogen-bond donors (Lipinski definition) is 3. The van der Waals surface area contributed by atoms with Crippen molar-refractivity contribution in [3.63, 3.8) is 0 Å². The Morgan fingerprint density at radius 1 is 1.32 bits per heavy atom. The molecule has 4 nitrogen and oxygen atoms in total. The van der Waals surface area contributed by atoms with Crippen molar-refractivity contribution < 1.29 is 9.52 Å². The first-order valence-electron chi connectivity index (χ1n) is 6.15. The van der Waals surface area contributed by atoms with Crippen LogP contribution in [0.5, 0.6) is 0 Å². The largest absolute Gasteiger partial charge is 0.432 e. The number of aromatic nitrogens is 1. The van der Waals surface area contributed by atoms with E-state index in [1.54, 1.807) is 6.20 Å². The average Bonchev–Trinajstić information content (AvgIpc) is 2.74. The van der Waals surface area contributed by atoms with Gasteiger partial charge in [-0.05, 0) is 44.1 Å². The SMILES string of the molecule is Cc1cc(C)c(NCC(O)c2c[nH]c(=S)o2)c(C)c1. The number of nitrogens with one attached hydrogen (secondary N) is 2. The maximum Gasteiger partial charge on any atom is 0.266 e. The summed E-state index contributed by atoms with van der Waals surface area (Å²) in [4.78, 5) is 3.01. The first-order valence-corrected chi connectivity index (χ1v) is 6.56. The molecule has 1 aromatic carbocycles.